The normalized spacial score (nSPS) is 19.4. The molecular formula is C14H19BrN2O2S. The number of halogens is 1. The fourth-order valence-corrected chi connectivity index (χ4v) is 3.79. The van der Waals surface area contributed by atoms with Crippen LogP contribution in [0.15, 0.2) is 27.8 Å². The van der Waals surface area contributed by atoms with E-state index in [0.29, 0.717) is 12.5 Å². The van der Waals surface area contributed by atoms with Gasteiger partial charge in [-0.05, 0) is 54.2 Å². The molecule has 2 unspecified atom stereocenters. The Labute approximate surface area is 131 Å². The zero-order chi connectivity index (χ0) is 14.8. The monoisotopic (exact) mass is 358 g/mol. The smallest absolute Gasteiger partial charge is 0.323 e. The lowest BCUT2D eigenvalue weighted by Crippen LogP contribution is -2.51. The number of carboxylic acid groups (broad SMARTS) is 1. The number of pyridine rings is 1. The van der Waals surface area contributed by atoms with Gasteiger partial charge in [0.25, 0.3) is 0 Å². The molecule has 0 spiro atoms. The SMILES string of the molecule is CC(CC(C)(NC1CC1)C(=O)O)Sc1ncccc1Br. The molecule has 0 aromatic carbocycles. The number of carbonyl (C=O) groups is 1. The maximum absolute atomic E-state index is 11.5. The van der Waals surface area contributed by atoms with Crippen LogP contribution in [0.5, 0.6) is 0 Å². The minimum absolute atomic E-state index is 0.161. The first kappa shape index (κ1) is 15.8. The lowest BCUT2D eigenvalue weighted by molar-refractivity contribution is -0.144. The van der Waals surface area contributed by atoms with Crippen molar-refractivity contribution in [3.8, 4) is 0 Å². The van der Waals surface area contributed by atoms with E-state index in [1.165, 1.54) is 0 Å². The summed E-state index contributed by atoms with van der Waals surface area (Å²) in [6.45, 7) is 3.82. The summed E-state index contributed by atoms with van der Waals surface area (Å²) in [6.07, 6.45) is 4.47. The van der Waals surface area contributed by atoms with Crippen molar-refractivity contribution in [2.45, 2.75) is 55.0 Å². The highest BCUT2D eigenvalue weighted by molar-refractivity contribution is 9.10. The molecule has 2 rings (SSSR count). The summed E-state index contributed by atoms with van der Waals surface area (Å²) >= 11 is 5.07. The third kappa shape index (κ3) is 4.20. The molecule has 1 fully saturated rings. The number of hydrogen-bond donors (Lipinski definition) is 2. The largest absolute Gasteiger partial charge is 0.480 e. The zero-order valence-corrected chi connectivity index (χ0v) is 14.0. The van der Waals surface area contributed by atoms with Gasteiger partial charge in [-0.2, -0.15) is 0 Å². The van der Waals surface area contributed by atoms with Crippen LogP contribution in [0.3, 0.4) is 0 Å². The average molecular weight is 359 g/mol. The quantitative estimate of drug-likeness (QED) is 0.732. The second kappa shape index (κ2) is 6.45. The van der Waals surface area contributed by atoms with Gasteiger partial charge in [-0.1, -0.05) is 6.92 Å². The summed E-state index contributed by atoms with van der Waals surface area (Å²) in [6, 6.07) is 4.19. The van der Waals surface area contributed by atoms with Crippen molar-refractivity contribution in [3.05, 3.63) is 22.8 Å². The van der Waals surface area contributed by atoms with E-state index in [9.17, 15) is 9.90 Å². The van der Waals surface area contributed by atoms with Gasteiger partial charge in [0.2, 0.25) is 0 Å². The standard InChI is InChI=1S/C14H19BrN2O2S/c1-9(20-12-11(15)4-3-7-16-12)8-14(2,13(18)19)17-10-5-6-10/h3-4,7,9-10,17H,5-6,8H2,1-2H3,(H,18,19). The Morgan fingerprint density at radius 2 is 2.40 bits per heavy atom. The molecule has 1 heterocycles. The minimum atomic E-state index is -0.866. The Morgan fingerprint density at radius 1 is 1.70 bits per heavy atom. The fraction of sp³-hybridized carbons (Fsp3) is 0.571. The maximum atomic E-state index is 11.5. The highest BCUT2D eigenvalue weighted by Gasteiger charge is 2.39. The van der Waals surface area contributed by atoms with E-state index in [2.05, 4.69) is 26.2 Å². The molecule has 1 aliphatic rings. The van der Waals surface area contributed by atoms with Gasteiger partial charge in [-0.15, -0.1) is 11.8 Å². The van der Waals surface area contributed by atoms with Crippen molar-refractivity contribution in [2.75, 3.05) is 0 Å². The van der Waals surface area contributed by atoms with E-state index >= 15 is 0 Å². The summed E-state index contributed by atoms with van der Waals surface area (Å²) in [5.41, 5.74) is -0.866. The average Bonchev–Trinajstić information content (AvgIpc) is 3.15. The second-order valence-electron chi connectivity index (χ2n) is 5.48. The summed E-state index contributed by atoms with van der Waals surface area (Å²) in [4.78, 5) is 15.9. The summed E-state index contributed by atoms with van der Waals surface area (Å²) in [7, 11) is 0. The number of carboxylic acids is 1. The topological polar surface area (TPSA) is 62.2 Å². The lowest BCUT2D eigenvalue weighted by Gasteiger charge is -2.29. The van der Waals surface area contributed by atoms with Gasteiger partial charge in [-0.3, -0.25) is 10.1 Å². The lowest BCUT2D eigenvalue weighted by atomic mass is 9.96. The Morgan fingerprint density at radius 3 is 2.95 bits per heavy atom. The number of nitrogens with zero attached hydrogens (tertiary/aromatic N) is 1. The van der Waals surface area contributed by atoms with Crippen LogP contribution in [0.2, 0.25) is 0 Å². The van der Waals surface area contributed by atoms with Crippen LogP contribution in [-0.2, 0) is 4.79 Å². The van der Waals surface area contributed by atoms with Gasteiger partial charge >= 0.3 is 5.97 Å². The summed E-state index contributed by atoms with van der Waals surface area (Å²) in [5, 5.41) is 13.8. The second-order valence-corrected chi connectivity index (χ2v) is 7.76. The van der Waals surface area contributed by atoms with Crippen LogP contribution in [0.4, 0.5) is 0 Å². The van der Waals surface area contributed by atoms with Crippen molar-refractivity contribution < 1.29 is 9.90 Å². The predicted octanol–water partition coefficient (Wildman–Crippen LogP) is 3.31. The van der Waals surface area contributed by atoms with Crippen LogP contribution in [0, 0.1) is 0 Å². The number of hydrogen-bond acceptors (Lipinski definition) is 4. The maximum Gasteiger partial charge on any atom is 0.323 e. The van der Waals surface area contributed by atoms with Crippen LogP contribution in [0.1, 0.15) is 33.1 Å². The molecule has 0 saturated heterocycles. The molecule has 20 heavy (non-hydrogen) atoms. The molecule has 110 valence electrons. The molecule has 1 aromatic rings. The van der Waals surface area contributed by atoms with Gasteiger partial charge in [0, 0.05) is 22.0 Å². The van der Waals surface area contributed by atoms with Crippen LogP contribution < -0.4 is 5.32 Å². The van der Waals surface area contributed by atoms with E-state index < -0.39 is 11.5 Å². The Bertz CT molecular complexity index is 496. The Hall–Kier alpha value is -0.590. The van der Waals surface area contributed by atoms with Crippen molar-refractivity contribution in [1.82, 2.24) is 10.3 Å². The molecule has 0 radical (unpaired) electrons. The van der Waals surface area contributed by atoms with Crippen molar-refractivity contribution >= 4 is 33.7 Å². The van der Waals surface area contributed by atoms with Crippen LogP contribution in [-0.4, -0.2) is 32.9 Å². The molecule has 4 nitrogen and oxygen atoms in total. The fourth-order valence-electron chi connectivity index (χ4n) is 2.15. The van der Waals surface area contributed by atoms with Gasteiger partial charge in [0.1, 0.15) is 10.6 Å². The molecule has 1 saturated carbocycles. The highest BCUT2D eigenvalue weighted by atomic mass is 79.9. The van der Waals surface area contributed by atoms with E-state index in [0.717, 1.165) is 22.3 Å². The van der Waals surface area contributed by atoms with Gasteiger partial charge in [0.05, 0.1) is 0 Å². The van der Waals surface area contributed by atoms with Crippen molar-refractivity contribution in [3.63, 3.8) is 0 Å². The molecule has 2 atom stereocenters. The molecule has 0 amide bonds. The highest BCUT2D eigenvalue weighted by Crippen LogP contribution is 2.33. The summed E-state index contributed by atoms with van der Waals surface area (Å²) in [5.74, 6) is -0.781. The summed E-state index contributed by atoms with van der Waals surface area (Å²) < 4.78 is 0.948. The van der Waals surface area contributed by atoms with Crippen LogP contribution in [0.25, 0.3) is 0 Å². The molecule has 6 heteroatoms. The number of aromatic nitrogens is 1. The number of aliphatic carboxylic acids is 1. The number of thioether (sulfide) groups is 1. The van der Waals surface area contributed by atoms with E-state index in [4.69, 9.17) is 0 Å². The van der Waals surface area contributed by atoms with E-state index in [-0.39, 0.29) is 5.25 Å². The van der Waals surface area contributed by atoms with Crippen LogP contribution >= 0.6 is 27.7 Å². The Balaban J connectivity index is 1.99. The van der Waals surface area contributed by atoms with Crippen molar-refractivity contribution in [1.29, 1.82) is 0 Å². The van der Waals surface area contributed by atoms with Gasteiger partial charge < -0.3 is 5.11 Å². The number of rotatable bonds is 7. The van der Waals surface area contributed by atoms with Gasteiger partial charge in [0.15, 0.2) is 0 Å². The predicted molar refractivity (Wildman–Crippen MR) is 84.1 cm³/mol. The molecule has 2 N–H and O–H groups in total. The Kier molecular flexibility index (Phi) is 5.09. The van der Waals surface area contributed by atoms with E-state index in [1.54, 1.807) is 24.9 Å². The van der Waals surface area contributed by atoms with Crippen molar-refractivity contribution in [2.24, 2.45) is 0 Å². The first-order valence-corrected chi connectivity index (χ1v) is 8.36. The van der Waals surface area contributed by atoms with E-state index in [1.807, 2.05) is 19.1 Å². The zero-order valence-electron chi connectivity index (χ0n) is 11.6. The third-order valence-electron chi connectivity index (χ3n) is 3.31. The molecular weight excluding hydrogens is 340 g/mol. The first-order valence-electron chi connectivity index (χ1n) is 6.69. The first-order chi connectivity index (χ1) is 9.40. The molecule has 1 aromatic heterocycles. The third-order valence-corrected chi connectivity index (χ3v) is 5.33. The minimum Gasteiger partial charge on any atom is -0.480 e. The molecule has 0 aliphatic heterocycles. The molecule has 0 bridgehead atoms. The molecule has 1 aliphatic carbocycles. The van der Waals surface area contributed by atoms with Gasteiger partial charge in [-0.25, -0.2) is 4.98 Å². The number of nitrogens with one attached hydrogen (secondary N) is 1.